The standard InChI is InChI=1S/C32H27ClN4O2/c1-38-28-18-17-25(21-29(28)39-2)32(24-13-7-4-8-14-24)30(23-11-5-3-6-12-23)35-22-37(32)36-20-19-34-31(36)26-15-9-10-16-27(26)33/h3-21H,22H2,1-2H3. The molecule has 4 aromatic carbocycles. The zero-order valence-electron chi connectivity index (χ0n) is 21.7. The minimum Gasteiger partial charge on any atom is -0.493 e. The molecule has 0 bridgehead atoms. The van der Waals surface area contributed by atoms with Gasteiger partial charge in [-0.2, -0.15) is 0 Å². The van der Waals surface area contributed by atoms with Gasteiger partial charge in [-0.3, -0.25) is 10.0 Å². The highest BCUT2D eigenvalue weighted by molar-refractivity contribution is 6.33. The highest BCUT2D eigenvalue weighted by atomic mass is 35.5. The summed E-state index contributed by atoms with van der Waals surface area (Å²) in [6, 6.07) is 34.5. The van der Waals surface area contributed by atoms with Gasteiger partial charge in [-0.1, -0.05) is 90.5 Å². The molecule has 0 spiro atoms. The van der Waals surface area contributed by atoms with Gasteiger partial charge in [0.1, 0.15) is 6.67 Å². The van der Waals surface area contributed by atoms with Gasteiger partial charge in [-0.05, 0) is 41.0 Å². The number of imidazole rings is 1. The van der Waals surface area contributed by atoms with E-state index >= 15 is 0 Å². The average Bonchev–Trinajstić information content (AvgIpc) is 3.63. The lowest BCUT2D eigenvalue weighted by Crippen LogP contribution is -2.54. The molecule has 1 aliphatic rings. The van der Waals surface area contributed by atoms with E-state index in [9.17, 15) is 0 Å². The predicted octanol–water partition coefficient (Wildman–Crippen LogP) is 6.56. The van der Waals surface area contributed by atoms with Crippen LogP contribution in [0.5, 0.6) is 11.5 Å². The van der Waals surface area contributed by atoms with Gasteiger partial charge in [0.15, 0.2) is 22.9 Å². The Bertz CT molecular complexity index is 1630. The van der Waals surface area contributed by atoms with Crippen LogP contribution in [0.25, 0.3) is 11.4 Å². The summed E-state index contributed by atoms with van der Waals surface area (Å²) in [5.41, 5.74) is 3.98. The maximum Gasteiger partial charge on any atom is 0.161 e. The van der Waals surface area contributed by atoms with Crippen LogP contribution in [0, 0.1) is 0 Å². The van der Waals surface area contributed by atoms with E-state index in [4.69, 9.17) is 31.1 Å². The number of aliphatic imine (C=N–C) groups is 1. The Morgan fingerprint density at radius 2 is 1.46 bits per heavy atom. The molecular weight excluding hydrogens is 508 g/mol. The van der Waals surface area contributed by atoms with Crippen molar-refractivity contribution < 1.29 is 9.47 Å². The molecule has 5 aromatic rings. The first-order valence-electron chi connectivity index (χ1n) is 12.6. The van der Waals surface area contributed by atoms with Crippen LogP contribution in [-0.4, -0.2) is 36.3 Å². The molecule has 7 heteroatoms. The number of benzene rings is 4. The quantitative estimate of drug-likeness (QED) is 0.237. The third-order valence-corrected chi connectivity index (χ3v) is 7.46. The van der Waals surface area contributed by atoms with Crippen molar-refractivity contribution in [3.05, 3.63) is 137 Å². The summed E-state index contributed by atoms with van der Waals surface area (Å²) in [7, 11) is 3.30. The zero-order valence-corrected chi connectivity index (χ0v) is 22.4. The van der Waals surface area contributed by atoms with E-state index in [1.807, 2.05) is 66.9 Å². The van der Waals surface area contributed by atoms with E-state index < -0.39 is 5.54 Å². The van der Waals surface area contributed by atoms with Crippen molar-refractivity contribution in [1.29, 1.82) is 0 Å². The van der Waals surface area contributed by atoms with Crippen LogP contribution in [0.2, 0.25) is 5.02 Å². The molecule has 0 aliphatic carbocycles. The monoisotopic (exact) mass is 534 g/mol. The number of nitrogens with zero attached hydrogens (tertiary/aromatic N) is 4. The lowest BCUT2D eigenvalue weighted by atomic mass is 9.76. The van der Waals surface area contributed by atoms with Gasteiger partial charge in [0, 0.05) is 18.0 Å². The van der Waals surface area contributed by atoms with Gasteiger partial charge in [0.25, 0.3) is 0 Å². The predicted molar refractivity (Wildman–Crippen MR) is 156 cm³/mol. The lowest BCUT2D eigenvalue weighted by Gasteiger charge is -2.42. The molecule has 0 amide bonds. The van der Waals surface area contributed by atoms with Crippen molar-refractivity contribution in [2.75, 3.05) is 25.9 Å². The molecule has 0 saturated heterocycles. The maximum atomic E-state index is 6.67. The highest BCUT2D eigenvalue weighted by Gasteiger charge is 2.50. The minimum atomic E-state index is -0.834. The van der Waals surface area contributed by atoms with Crippen molar-refractivity contribution in [2.45, 2.75) is 5.54 Å². The molecule has 1 aromatic heterocycles. The molecule has 1 aliphatic heterocycles. The summed E-state index contributed by atoms with van der Waals surface area (Å²) in [5.74, 6) is 2.03. The number of aromatic nitrogens is 2. The summed E-state index contributed by atoms with van der Waals surface area (Å²) in [5, 5.41) is 2.86. The van der Waals surface area contributed by atoms with E-state index in [2.05, 4.69) is 52.1 Å². The van der Waals surface area contributed by atoms with E-state index in [1.165, 1.54) is 0 Å². The van der Waals surface area contributed by atoms with Crippen molar-refractivity contribution in [1.82, 2.24) is 9.66 Å². The van der Waals surface area contributed by atoms with Crippen LogP contribution >= 0.6 is 11.6 Å². The Kier molecular flexibility index (Phi) is 6.55. The second-order valence-electron chi connectivity index (χ2n) is 9.14. The van der Waals surface area contributed by atoms with Crippen molar-refractivity contribution in [2.24, 2.45) is 4.99 Å². The van der Waals surface area contributed by atoms with Gasteiger partial charge in [0.2, 0.25) is 0 Å². The second-order valence-corrected chi connectivity index (χ2v) is 9.54. The zero-order chi connectivity index (χ0) is 26.8. The Morgan fingerprint density at radius 1 is 0.769 bits per heavy atom. The molecule has 0 N–H and O–H groups in total. The van der Waals surface area contributed by atoms with Crippen LogP contribution in [0.3, 0.4) is 0 Å². The van der Waals surface area contributed by atoms with Crippen LogP contribution in [-0.2, 0) is 5.54 Å². The highest BCUT2D eigenvalue weighted by Crippen LogP contribution is 2.45. The van der Waals surface area contributed by atoms with Gasteiger partial charge >= 0.3 is 0 Å². The fourth-order valence-electron chi connectivity index (χ4n) is 5.41. The van der Waals surface area contributed by atoms with Gasteiger partial charge in [-0.25, -0.2) is 9.66 Å². The second kappa shape index (κ2) is 10.3. The van der Waals surface area contributed by atoms with E-state index in [0.717, 1.165) is 33.8 Å². The first-order valence-corrected chi connectivity index (χ1v) is 13.0. The average molecular weight is 535 g/mol. The Labute approximate surface area is 232 Å². The number of hydrogen-bond acceptors (Lipinski definition) is 5. The summed E-state index contributed by atoms with van der Waals surface area (Å²) in [6.07, 6.45) is 3.75. The summed E-state index contributed by atoms with van der Waals surface area (Å²) in [6.45, 7) is 0.390. The molecule has 1 unspecified atom stereocenters. The van der Waals surface area contributed by atoms with Crippen molar-refractivity contribution in [3.63, 3.8) is 0 Å². The largest absolute Gasteiger partial charge is 0.493 e. The molecule has 6 rings (SSSR count). The molecule has 6 nitrogen and oxygen atoms in total. The fraction of sp³-hybridized carbons (Fsp3) is 0.125. The molecule has 1 atom stereocenters. The summed E-state index contributed by atoms with van der Waals surface area (Å²) in [4.78, 5) is 9.94. The van der Waals surface area contributed by atoms with E-state index in [1.54, 1.807) is 20.4 Å². The maximum absolute atomic E-state index is 6.67. The molecule has 0 radical (unpaired) electrons. The molecule has 2 heterocycles. The van der Waals surface area contributed by atoms with Crippen LogP contribution in [0.4, 0.5) is 0 Å². The summed E-state index contributed by atoms with van der Waals surface area (Å²) < 4.78 is 13.4. The molecule has 39 heavy (non-hydrogen) atoms. The van der Waals surface area contributed by atoms with Crippen LogP contribution in [0.15, 0.2) is 121 Å². The lowest BCUT2D eigenvalue weighted by molar-refractivity contribution is 0.353. The third-order valence-electron chi connectivity index (χ3n) is 7.13. The van der Waals surface area contributed by atoms with Gasteiger partial charge < -0.3 is 9.47 Å². The minimum absolute atomic E-state index is 0.390. The third kappa shape index (κ3) is 4.04. The van der Waals surface area contributed by atoms with Gasteiger partial charge in [-0.15, -0.1) is 0 Å². The first kappa shape index (κ1) is 24.8. The van der Waals surface area contributed by atoms with Crippen molar-refractivity contribution >= 4 is 17.3 Å². The SMILES string of the molecule is COc1ccc(C2(c3ccccc3)C(c3ccccc3)=NCN2n2ccnc2-c2ccccc2Cl)cc1OC. The van der Waals surface area contributed by atoms with E-state index in [-0.39, 0.29) is 0 Å². The topological polar surface area (TPSA) is 51.9 Å². The Morgan fingerprint density at radius 3 is 2.18 bits per heavy atom. The van der Waals surface area contributed by atoms with Crippen LogP contribution in [0.1, 0.15) is 16.7 Å². The van der Waals surface area contributed by atoms with Crippen molar-refractivity contribution in [3.8, 4) is 22.9 Å². The molecule has 194 valence electrons. The molecular formula is C32H27ClN4O2. The van der Waals surface area contributed by atoms with Crippen LogP contribution < -0.4 is 14.5 Å². The molecule has 0 saturated carbocycles. The number of rotatable bonds is 7. The number of ether oxygens (including phenoxy) is 2. The summed E-state index contributed by atoms with van der Waals surface area (Å²) >= 11 is 6.67. The number of hydrogen-bond donors (Lipinski definition) is 0. The Hall–Kier alpha value is -4.55. The Balaban J connectivity index is 1.67. The first-order chi connectivity index (χ1) is 19.2. The normalized spacial score (nSPS) is 16.7. The number of halogens is 1. The smallest absolute Gasteiger partial charge is 0.161 e. The van der Waals surface area contributed by atoms with E-state index in [0.29, 0.717) is 23.2 Å². The molecule has 0 fully saturated rings. The number of methoxy groups -OCH3 is 2. The van der Waals surface area contributed by atoms with Gasteiger partial charge in [0.05, 0.1) is 25.0 Å². The fourth-order valence-corrected chi connectivity index (χ4v) is 5.63.